The van der Waals surface area contributed by atoms with E-state index in [-0.39, 0.29) is 17.8 Å². The smallest absolute Gasteiger partial charge is 0.123 e. The lowest BCUT2D eigenvalue weighted by Gasteiger charge is -2.27. The quantitative estimate of drug-likeness (QED) is 0.728. The molecule has 76 valence electrons. The molecule has 0 unspecified atom stereocenters. The molecule has 1 aliphatic rings. The summed E-state index contributed by atoms with van der Waals surface area (Å²) in [5.41, 5.74) is 0.942. The van der Waals surface area contributed by atoms with Gasteiger partial charge in [-0.2, -0.15) is 0 Å². The van der Waals surface area contributed by atoms with Crippen molar-refractivity contribution in [2.75, 3.05) is 0 Å². The molecule has 1 aliphatic carbocycles. The number of aliphatic hydroxyl groups is 1. The fraction of sp³-hybridized carbons (Fsp3) is 0.500. The molecule has 1 N–H and O–H groups in total. The van der Waals surface area contributed by atoms with E-state index in [9.17, 15) is 9.50 Å². The average molecular weight is 194 g/mol. The summed E-state index contributed by atoms with van der Waals surface area (Å²) in [7, 11) is 0. The number of benzene rings is 1. The maximum absolute atomic E-state index is 13.0. The topological polar surface area (TPSA) is 20.2 Å². The molecule has 0 bridgehead atoms. The van der Waals surface area contributed by atoms with Crippen LogP contribution in [0, 0.1) is 5.82 Å². The van der Waals surface area contributed by atoms with Crippen molar-refractivity contribution in [3.8, 4) is 0 Å². The molecular formula is C12H15FO. The van der Waals surface area contributed by atoms with Gasteiger partial charge in [0.2, 0.25) is 0 Å². The second-order valence-corrected chi connectivity index (χ2v) is 4.01. The zero-order chi connectivity index (χ0) is 9.97. The van der Waals surface area contributed by atoms with Crippen LogP contribution in [0.5, 0.6) is 0 Å². The van der Waals surface area contributed by atoms with Gasteiger partial charge in [-0.05, 0) is 30.5 Å². The van der Waals surface area contributed by atoms with Gasteiger partial charge in [-0.1, -0.05) is 25.0 Å². The zero-order valence-electron chi connectivity index (χ0n) is 8.12. The summed E-state index contributed by atoms with van der Waals surface area (Å²) >= 11 is 0. The van der Waals surface area contributed by atoms with Crippen LogP contribution < -0.4 is 0 Å². The second kappa shape index (κ2) is 4.09. The summed E-state index contributed by atoms with van der Waals surface area (Å²) in [6, 6.07) is 6.60. The SMILES string of the molecule is O[C@H]1CCCC[C@H]1c1cccc(F)c1. The highest BCUT2D eigenvalue weighted by Crippen LogP contribution is 2.33. The summed E-state index contributed by atoms with van der Waals surface area (Å²) in [6.07, 6.45) is 3.77. The van der Waals surface area contributed by atoms with Crippen LogP contribution in [0.1, 0.15) is 37.2 Å². The van der Waals surface area contributed by atoms with Gasteiger partial charge in [0.1, 0.15) is 5.82 Å². The molecule has 1 aromatic rings. The molecule has 2 atom stereocenters. The number of hydrogen-bond acceptors (Lipinski definition) is 1. The molecule has 2 rings (SSSR count). The van der Waals surface area contributed by atoms with Gasteiger partial charge in [-0.25, -0.2) is 4.39 Å². The summed E-state index contributed by atoms with van der Waals surface area (Å²) in [6.45, 7) is 0. The van der Waals surface area contributed by atoms with Gasteiger partial charge in [0.25, 0.3) is 0 Å². The second-order valence-electron chi connectivity index (χ2n) is 4.01. The highest BCUT2D eigenvalue weighted by Gasteiger charge is 2.24. The van der Waals surface area contributed by atoms with E-state index in [4.69, 9.17) is 0 Å². The van der Waals surface area contributed by atoms with E-state index in [1.807, 2.05) is 6.07 Å². The van der Waals surface area contributed by atoms with Crippen LogP contribution >= 0.6 is 0 Å². The Morgan fingerprint density at radius 2 is 2.00 bits per heavy atom. The molecule has 0 amide bonds. The van der Waals surface area contributed by atoms with E-state index in [1.165, 1.54) is 6.07 Å². The molecule has 1 saturated carbocycles. The van der Waals surface area contributed by atoms with E-state index in [0.29, 0.717) is 0 Å². The molecular weight excluding hydrogens is 179 g/mol. The summed E-state index contributed by atoms with van der Waals surface area (Å²) in [4.78, 5) is 0. The largest absolute Gasteiger partial charge is 0.392 e. The maximum atomic E-state index is 13.0. The zero-order valence-corrected chi connectivity index (χ0v) is 8.12. The molecule has 0 spiro atoms. The number of rotatable bonds is 1. The minimum absolute atomic E-state index is 0.138. The van der Waals surface area contributed by atoms with E-state index in [1.54, 1.807) is 12.1 Å². The number of halogens is 1. The average Bonchev–Trinajstić information content (AvgIpc) is 2.18. The number of aliphatic hydroxyl groups excluding tert-OH is 1. The van der Waals surface area contributed by atoms with Gasteiger partial charge in [0.15, 0.2) is 0 Å². The number of hydrogen-bond donors (Lipinski definition) is 1. The molecule has 0 radical (unpaired) electrons. The van der Waals surface area contributed by atoms with Crippen molar-refractivity contribution in [2.45, 2.75) is 37.7 Å². The molecule has 0 saturated heterocycles. The molecule has 0 aliphatic heterocycles. The monoisotopic (exact) mass is 194 g/mol. The minimum Gasteiger partial charge on any atom is -0.392 e. The first-order valence-corrected chi connectivity index (χ1v) is 5.21. The lowest BCUT2D eigenvalue weighted by Crippen LogP contribution is -2.22. The third-order valence-corrected chi connectivity index (χ3v) is 3.01. The van der Waals surface area contributed by atoms with Crippen LogP contribution in [0.2, 0.25) is 0 Å². The normalized spacial score (nSPS) is 27.6. The van der Waals surface area contributed by atoms with Crippen molar-refractivity contribution in [1.82, 2.24) is 0 Å². The summed E-state index contributed by atoms with van der Waals surface area (Å²) in [5.74, 6) is -0.0697. The third-order valence-electron chi connectivity index (χ3n) is 3.01. The van der Waals surface area contributed by atoms with Crippen molar-refractivity contribution in [2.24, 2.45) is 0 Å². The van der Waals surface area contributed by atoms with Crippen LogP contribution in [-0.2, 0) is 0 Å². The fourth-order valence-electron chi connectivity index (χ4n) is 2.24. The van der Waals surface area contributed by atoms with Crippen LogP contribution in [0.15, 0.2) is 24.3 Å². The van der Waals surface area contributed by atoms with Gasteiger partial charge in [-0.15, -0.1) is 0 Å². The maximum Gasteiger partial charge on any atom is 0.123 e. The van der Waals surface area contributed by atoms with Gasteiger partial charge in [-0.3, -0.25) is 0 Å². The van der Waals surface area contributed by atoms with Crippen molar-refractivity contribution >= 4 is 0 Å². The molecule has 0 heterocycles. The molecule has 1 fully saturated rings. The van der Waals surface area contributed by atoms with Crippen LogP contribution in [0.3, 0.4) is 0 Å². The Morgan fingerprint density at radius 3 is 2.71 bits per heavy atom. The van der Waals surface area contributed by atoms with Crippen LogP contribution in [0.25, 0.3) is 0 Å². The molecule has 14 heavy (non-hydrogen) atoms. The van der Waals surface area contributed by atoms with Crippen molar-refractivity contribution < 1.29 is 9.50 Å². The van der Waals surface area contributed by atoms with E-state index in [0.717, 1.165) is 31.2 Å². The molecule has 0 aromatic heterocycles. The van der Waals surface area contributed by atoms with Gasteiger partial charge < -0.3 is 5.11 Å². The van der Waals surface area contributed by atoms with Gasteiger partial charge in [0.05, 0.1) is 6.10 Å². The Balaban J connectivity index is 2.20. The first-order valence-electron chi connectivity index (χ1n) is 5.21. The van der Waals surface area contributed by atoms with Crippen LogP contribution in [-0.4, -0.2) is 11.2 Å². The first-order chi connectivity index (χ1) is 6.77. The Bertz CT molecular complexity index is 311. The van der Waals surface area contributed by atoms with E-state index < -0.39 is 0 Å². The lowest BCUT2D eigenvalue weighted by molar-refractivity contribution is 0.106. The minimum atomic E-state index is -0.287. The van der Waals surface area contributed by atoms with Gasteiger partial charge >= 0.3 is 0 Å². The predicted molar refractivity (Wildman–Crippen MR) is 53.6 cm³/mol. The van der Waals surface area contributed by atoms with Crippen molar-refractivity contribution in [3.05, 3.63) is 35.6 Å². The standard InChI is InChI=1S/C12H15FO/c13-10-5-3-4-9(8-10)11-6-1-2-7-12(11)14/h3-5,8,11-12,14H,1-2,6-7H2/t11-,12-/m0/s1. The van der Waals surface area contributed by atoms with Crippen molar-refractivity contribution in [3.63, 3.8) is 0 Å². The van der Waals surface area contributed by atoms with E-state index in [2.05, 4.69) is 0 Å². The Morgan fingerprint density at radius 1 is 1.21 bits per heavy atom. The Labute approximate surface area is 83.6 Å². The Kier molecular flexibility index (Phi) is 2.82. The van der Waals surface area contributed by atoms with Gasteiger partial charge in [0, 0.05) is 5.92 Å². The third kappa shape index (κ3) is 1.95. The highest BCUT2D eigenvalue weighted by atomic mass is 19.1. The fourth-order valence-corrected chi connectivity index (χ4v) is 2.24. The molecule has 2 heteroatoms. The summed E-state index contributed by atoms with van der Waals surface area (Å²) < 4.78 is 13.0. The van der Waals surface area contributed by atoms with Crippen LogP contribution in [0.4, 0.5) is 4.39 Å². The predicted octanol–water partition coefficient (Wildman–Crippen LogP) is 2.84. The summed E-state index contributed by atoms with van der Waals surface area (Å²) in [5, 5.41) is 9.79. The highest BCUT2D eigenvalue weighted by molar-refractivity contribution is 5.22. The molecule has 1 nitrogen and oxygen atoms in total. The first kappa shape index (κ1) is 9.66. The Hall–Kier alpha value is -0.890. The van der Waals surface area contributed by atoms with E-state index >= 15 is 0 Å². The molecule has 1 aromatic carbocycles. The lowest BCUT2D eigenvalue weighted by atomic mass is 9.82. The van der Waals surface area contributed by atoms with Crippen molar-refractivity contribution in [1.29, 1.82) is 0 Å².